The molecule has 0 fully saturated rings. The van der Waals surface area contributed by atoms with Gasteiger partial charge in [0.25, 0.3) is 0 Å². The zero-order valence-corrected chi connectivity index (χ0v) is 7.20. The van der Waals surface area contributed by atoms with Crippen molar-refractivity contribution in [1.82, 2.24) is 9.97 Å². The SMILES string of the molecule is CC#CCNc1cnc(C#N)cn1. The number of anilines is 1. The molecular weight excluding hydrogens is 164 g/mol. The standard InChI is InChI=1S/C9H8N4/c1-2-3-4-11-9-7-12-8(5-10)6-13-9/h6-7H,4H2,1H3,(H,11,13). The van der Waals surface area contributed by atoms with Crippen LogP contribution in [0.3, 0.4) is 0 Å². The highest BCUT2D eigenvalue weighted by Crippen LogP contribution is 1.98. The van der Waals surface area contributed by atoms with Crippen LogP contribution in [0.1, 0.15) is 12.6 Å². The van der Waals surface area contributed by atoms with E-state index in [0.717, 1.165) is 0 Å². The number of nitriles is 1. The second kappa shape index (κ2) is 4.74. The summed E-state index contributed by atoms with van der Waals surface area (Å²) in [6.07, 6.45) is 2.93. The van der Waals surface area contributed by atoms with Crippen LogP contribution in [0.2, 0.25) is 0 Å². The summed E-state index contributed by atoms with van der Waals surface area (Å²) in [6, 6.07) is 1.89. The number of hydrogen-bond donors (Lipinski definition) is 1. The molecule has 0 aromatic carbocycles. The zero-order valence-electron chi connectivity index (χ0n) is 7.20. The maximum Gasteiger partial charge on any atom is 0.158 e. The fraction of sp³-hybridized carbons (Fsp3) is 0.222. The first-order chi connectivity index (χ1) is 6.36. The highest BCUT2D eigenvalue weighted by Gasteiger charge is 1.93. The Morgan fingerprint density at radius 2 is 2.31 bits per heavy atom. The Morgan fingerprint density at radius 3 is 2.85 bits per heavy atom. The summed E-state index contributed by atoms with van der Waals surface area (Å²) in [5, 5.41) is 11.4. The number of aromatic nitrogens is 2. The van der Waals surface area contributed by atoms with E-state index >= 15 is 0 Å². The van der Waals surface area contributed by atoms with Crippen LogP contribution in [-0.2, 0) is 0 Å². The fourth-order valence-corrected chi connectivity index (χ4v) is 0.700. The van der Waals surface area contributed by atoms with Crippen LogP contribution in [-0.4, -0.2) is 16.5 Å². The van der Waals surface area contributed by atoms with Gasteiger partial charge in [0.2, 0.25) is 0 Å². The molecule has 0 spiro atoms. The predicted octanol–water partition coefficient (Wildman–Crippen LogP) is 0.783. The molecule has 0 saturated carbocycles. The molecule has 0 aliphatic heterocycles. The Morgan fingerprint density at radius 1 is 1.46 bits per heavy atom. The van der Waals surface area contributed by atoms with Gasteiger partial charge in [-0.3, -0.25) is 0 Å². The highest BCUT2D eigenvalue weighted by molar-refractivity contribution is 5.34. The number of nitrogens with zero attached hydrogens (tertiary/aromatic N) is 3. The zero-order chi connectivity index (χ0) is 9.52. The van der Waals surface area contributed by atoms with Gasteiger partial charge in [-0.05, 0) is 6.92 Å². The molecule has 0 radical (unpaired) electrons. The summed E-state index contributed by atoms with van der Waals surface area (Å²) < 4.78 is 0. The second-order valence-corrected chi connectivity index (χ2v) is 2.18. The molecule has 13 heavy (non-hydrogen) atoms. The molecule has 0 aliphatic carbocycles. The average Bonchev–Trinajstić information content (AvgIpc) is 2.19. The van der Waals surface area contributed by atoms with Gasteiger partial charge in [0.05, 0.1) is 18.9 Å². The number of hydrogen-bond acceptors (Lipinski definition) is 4. The van der Waals surface area contributed by atoms with E-state index in [0.29, 0.717) is 18.1 Å². The molecule has 1 aromatic heterocycles. The van der Waals surface area contributed by atoms with Crippen molar-refractivity contribution in [3.05, 3.63) is 18.1 Å². The Balaban J connectivity index is 2.58. The van der Waals surface area contributed by atoms with Gasteiger partial charge in [0, 0.05) is 0 Å². The quantitative estimate of drug-likeness (QED) is 0.670. The molecule has 64 valence electrons. The predicted molar refractivity (Wildman–Crippen MR) is 48.7 cm³/mol. The maximum atomic E-state index is 8.45. The van der Waals surface area contributed by atoms with Crippen molar-refractivity contribution in [1.29, 1.82) is 5.26 Å². The number of nitrogens with one attached hydrogen (secondary N) is 1. The van der Waals surface area contributed by atoms with E-state index < -0.39 is 0 Å². The third-order valence-corrected chi connectivity index (χ3v) is 1.30. The third-order valence-electron chi connectivity index (χ3n) is 1.30. The molecule has 1 rings (SSSR count). The molecule has 4 nitrogen and oxygen atoms in total. The minimum absolute atomic E-state index is 0.312. The smallest absolute Gasteiger partial charge is 0.158 e. The van der Waals surface area contributed by atoms with E-state index in [-0.39, 0.29) is 0 Å². The summed E-state index contributed by atoms with van der Waals surface area (Å²) in [6.45, 7) is 2.31. The lowest BCUT2D eigenvalue weighted by molar-refractivity contribution is 1.14. The molecule has 0 unspecified atom stereocenters. The van der Waals surface area contributed by atoms with Crippen molar-refractivity contribution >= 4 is 5.82 Å². The van der Waals surface area contributed by atoms with Crippen LogP contribution in [0.15, 0.2) is 12.4 Å². The topological polar surface area (TPSA) is 61.6 Å². The first-order valence-electron chi connectivity index (χ1n) is 3.72. The molecule has 1 N–H and O–H groups in total. The van der Waals surface area contributed by atoms with Crippen LogP contribution >= 0.6 is 0 Å². The molecule has 0 atom stereocenters. The summed E-state index contributed by atoms with van der Waals surface area (Å²) in [5.41, 5.74) is 0.312. The van der Waals surface area contributed by atoms with Gasteiger partial charge in [-0.2, -0.15) is 5.26 Å². The fourth-order valence-electron chi connectivity index (χ4n) is 0.700. The summed E-state index contributed by atoms with van der Waals surface area (Å²) in [7, 11) is 0. The lowest BCUT2D eigenvalue weighted by atomic mass is 10.5. The van der Waals surface area contributed by atoms with Crippen molar-refractivity contribution in [3.8, 4) is 17.9 Å². The van der Waals surface area contributed by atoms with Gasteiger partial charge in [-0.25, -0.2) is 9.97 Å². The van der Waals surface area contributed by atoms with Crippen LogP contribution in [0, 0.1) is 23.2 Å². The van der Waals surface area contributed by atoms with Crippen LogP contribution in [0.25, 0.3) is 0 Å². The summed E-state index contributed by atoms with van der Waals surface area (Å²) in [4.78, 5) is 7.80. The summed E-state index contributed by atoms with van der Waals surface area (Å²) in [5.74, 6) is 6.21. The van der Waals surface area contributed by atoms with Crippen molar-refractivity contribution in [2.75, 3.05) is 11.9 Å². The van der Waals surface area contributed by atoms with E-state index in [4.69, 9.17) is 5.26 Å². The van der Waals surface area contributed by atoms with Gasteiger partial charge in [-0.15, -0.1) is 5.92 Å². The van der Waals surface area contributed by atoms with Gasteiger partial charge in [-0.1, -0.05) is 5.92 Å². The molecule has 0 bridgehead atoms. The van der Waals surface area contributed by atoms with E-state index in [2.05, 4.69) is 27.1 Å². The van der Waals surface area contributed by atoms with E-state index in [1.54, 1.807) is 6.92 Å². The Bertz CT molecular complexity index is 363. The Kier molecular flexibility index (Phi) is 3.29. The maximum absolute atomic E-state index is 8.45. The molecule has 0 amide bonds. The molecule has 1 heterocycles. The third kappa shape index (κ3) is 2.80. The van der Waals surface area contributed by atoms with Crippen LogP contribution < -0.4 is 5.32 Å². The lowest BCUT2D eigenvalue weighted by Gasteiger charge is -1.98. The minimum Gasteiger partial charge on any atom is -0.358 e. The molecular formula is C9H8N4. The van der Waals surface area contributed by atoms with Gasteiger partial charge in [0.15, 0.2) is 5.69 Å². The molecule has 4 heteroatoms. The van der Waals surface area contributed by atoms with E-state index in [9.17, 15) is 0 Å². The van der Waals surface area contributed by atoms with Crippen LogP contribution in [0.4, 0.5) is 5.82 Å². The van der Waals surface area contributed by atoms with Crippen molar-refractivity contribution in [2.24, 2.45) is 0 Å². The minimum atomic E-state index is 0.312. The number of rotatable bonds is 2. The van der Waals surface area contributed by atoms with Gasteiger partial charge >= 0.3 is 0 Å². The average molecular weight is 172 g/mol. The highest BCUT2D eigenvalue weighted by atomic mass is 15.0. The Labute approximate surface area is 76.6 Å². The van der Waals surface area contributed by atoms with Crippen molar-refractivity contribution in [3.63, 3.8) is 0 Å². The van der Waals surface area contributed by atoms with Crippen molar-refractivity contribution in [2.45, 2.75) is 6.92 Å². The normalized spacial score (nSPS) is 8.00. The molecule has 1 aromatic rings. The monoisotopic (exact) mass is 172 g/mol. The van der Waals surface area contributed by atoms with Crippen molar-refractivity contribution < 1.29 is 0 Å². The molecule has 0 saturated heterocycles. The van der Waals surface area contributed by atoms with Crippen LogP contribution in [0.5, 0.6) is 0 Å². The molecule has 0 aliphatic rings. The first-order valence-corrected chi connectivity index (χ1v) is 3.72. The first kappa shape index (κ1) is 9.02. The summed E-state index contributed by atoms with van der Waals surface area (Å²) >= 11 is 0. The lowest BCUT2D eigenvalue weighted by Crippen LogP contribution is -2.01. The van der Waals surface area contributed by atoms with E-state index in [1.807, 2.05) is 6.07 Å². The van der Waals surface area contributed by atoms with Gasteiger partial charge < -0.3 is 5.32 Å². The largest absolute Gasteiger partial charge is 0.358 e. The second-order valence-electron chi connectivity index (χ2n) is 2.18. The van der Waals surface area contributed by atoms with Gasteiger partial charge in [0.1, 0.15) is 11.9 Å². The Hall–Kier alpha value is -2.07. The van der Waals surface area contributed by atoms with E-state index in [1.165, 1.54) is 12.4 Å².